The molecule has 0 radical (unpaired) electrons. The van der Waals surface area contributed by atoms with Crippen molar-refractivity contribution >= 4 is 23.5 Å². The standard InChI is InChI=1S/C25H27ClN2O5/c1-4-32-22(29)8-6-19-12-18-11-17(13-20(26)23(18)33-19)21-7-5-16(14-27-21)24(30)28-9-10-31-15-25(28,2)3/h5-8,11,13-14,19H,4,9-10,12,15H2,1-3H3/b8-6+. The summed E-state index contributed by atoms with van der Waals surface area (Å²) in [5, 5.41) is 0.478. The second kappa shape index (κ2) is 9.53. The molecule has 2 aromatic rings. The SMILES string of the molecule is CCOC(=O)/C=C/C1Cc2cc(-c3ccc(C(=O)N4CCOCC4(C)C)cn3)cc(Cl)c2O1. The van der Waals surface area contributed by atoms with Gasteiger partial charge in [-0.15, -0.1) is 0 Å². The van der Waals surface area contributed by atoms with E-state index in [0.717, 1.165) is 11.1 Å². The molecule has 4 rings (SSSR count). The Hall–Kier alpha value is -2.90. The number of amides is 1. The average Bonchev–Trinajstić information content (AvgIpc) is 3.21. The van der Waals surface area contributed by atoms with Gasteiger partial charge in [-0.1, -0.05) is 11.6 Å². The van der Waals surface area contributed by atoms with Crippen molar-refractivity contribution in [3.05, 3.63) is 58.8 Å². The Morgan fingerprint density at radius 2 is 2.15 bits per heavy atom. The van der Waals surface area contributed by atoms with Crippen molar-refractivity contribution in [2.24, 2.45) is 0 Å². The van der Waals surface area contributed by atoms with Crippen LogP contribution >= 0.6 is 11.6 Å². The van der Waals surface area contributed by atoms with Gasteiger partial charge < -0.3 is 19.1 Å². The van der Waals surface area contributed by atoms with Crippen LogP contribution in [0.25, 0.3) is 11.3 Å². The summed E-state index contributed by atoms with van der Waals surface area (Å²) in [5.41, 5.74) is 2.66. The fraction of sp³-hybridized carbons (Fsp3) is 0.400. The van der Waals surface area contributed by atoms with Crippen LogP contribution in [0.2, 0.25) is 5.02 Å². The molecule has 33 heavy (non-hydrogen) atoms. The summed E-state index contributed by atoms with van der Waals surface area (Å²) in [6.45, 7) is 7.67. The molecule has 3 heterocycles. The third-order valence-electron chi connectivity index (χ3n) is 5.74. The fourth-order valence-corrected chi connectivity index (χ4v) is 4.34. The van der Waals surface area contributed by atoms with E-state index in [1.165, 1.54) is 6.08 Å². The van der Waals surface area contributed by atoms with Crippen molar-refractivity contribution in [3.8, 4) is 17.0 Å². The fourth-order valence-electron chi connectivity index (χ4n) is 4.06. The van der Waals surface area contributed by atoms with E-state index in [0.29, 0.717) is 54.8 Å². The van der Waals surface area contributed by atoms with E-state index < -0.39 is 5.97 Å². The smallest absolute Gasteiger partial charge is 0.330 e. The Morgan fingerprint density at radius 1 is 1.33 bits per heavy atom. The molecule has 7 nitrogen and oxygen atoms in total. The highest BCUT2D eigenvalue weighted by Crippen LogP contribution is 2.39. The van der Waals surface area contributed by atoms with Gasteiger partial charge in [0.1, 0.15) is 11.9 Å². The highest BCUT2D eigenvalue weighted by atomic mass is 35.5. The minimum Gasteiger partial charge on any atom is -0.484 e. The van der Waals surface area contributed by atoms with E-state index in [4.69, 9.17) is 25.8 Å². The van der Waals surface area contributed by atoms with Crippen molar-refractivity contribution < 1.29 is 23.8 Å². The van der Waals surface area contributed by atoms with Crippen LogP contribution in [-0.4, -0.2) is 59.8 Å². The lowest BCUT2D eigenvalue weighted by Gasteiger charge is -2.42. The molecule has 0 saturated carbocycles. The average molecular weight is 471 g/mol. The maximum Gasteiger partial charge on any atom is 0.330 e. The molecule has 2 aliphatic heterocycles. The first-order valence-electron chi connectivity index (χ1n) is 11.0. The van der Waals surface area contributed by atoms with Crippen molar-refractivity contribution in [3.63, 3.8) is 0 Å². The van der Waals surface area contributed by atoms with Gasteiger partial charge in [0, 0.05) is 36.4 Å². The van der Waals surface area contributed by atoms with Gasteiger partial charge >= 0.3 is 5.97 Å². The lowest BCUT2D eigenvalue weighted by molar-refractivity contribution is -0.137. The van der Waals surface area contributed by atoms with Crippen molar-refractivity contribution in [2.45, 2.75) is 38.8 Å². The number of hydrogen-bond acceptors (Lipinski definition) is 6. The lowest BCUT2D eigenvalue weighted by Crippen LogP contribution is -2.55. The predicted molar refractivity (Wildman–Crippen MR) is 125 cm³/mol. The second-order valence-electron chi connectivity index (χ2n) is 8.67. The Bertz CT molecular complexity index is 1080. The number of benzene rings is 1. The van der Waals surface area contributed by atoms with Crippen LogP contribution in [0, 0.1) is 0 Å². The molecular formula is C25H27ClN2O5. The number of pyridine rings is 1. The van der Waals surface area contributed by atoms with Gasteiger partial charge in [-0.2, -0.15) is 0 Å². The topological polar surface area (TPSA) is 78.0 Å². The molecule has 1 amide bonds. The zero-order valence-electron chi connectivity index (χ0n) is 19.0. The quantitative estimate of drug-likeness (QED) is 0.484. The molecule has 174 valence electrons. The first kappa shape index (κ1) is 23.3. The Kier molecular flexibility index (Phi) is 6.72. The van der Waals surface area contributed by atoms with E-state index in [-0.39, 0.29) is 17.6 Å². The van der Waals surface area contributed by atoms with Gasteiger partial charge in [-0.25, -0.2) is 4.79 Å². The normalized spacial score (nSPS) is 19.3. The number of fused-ring (bicyclic) bond motifs is 1. The Morgan fingerprint density at radius 3 is 2.85 bits per heavy atom. The lowest BCUT2D eigenvalue weighted by atomic mass is 10.0. The third-order valence-corrected chi connectivity index (χ3v) is 6.02. The molecular weight excluding hydrogens is 444 g/mol. The Balaban J connectivity index is 1.50. The van der Waals surface area contributed by atoms with E-state index in [2.05, 4.69) is 4.98 Å². The minimum atomic E-state index is -0.400. The summed E-state index contributed by atoms with van der Waals surface area (Å²) < 4.78 is 16.3. The number of hydrogen-bond donors (Lipinski definition) is 0. The summed E-state index contributed by atoms with van der Waals surface area (Å²) >= 11 is 6.48. The number of carbonyl (C=O) groups excluding carboxylic acids is 2. The molecule has 0 spiro atoms. The van der Waals surface area contributed by atoms with Crippen molar-refractivity contribution in [1.82, 2.24) is 9.88 Å². The van der Waals surface area contributed by atoms with Crippen molar-refractivity contribution in [1.29, 1.82) is 0 Å². The number of halogens is 1. The summed E-state index contributed by atoms with van der Waals surface area (Å²) in [6, 6.07) is 7.40. The van der Waals surface area contributed by atoms with Gasteiger partial charge in [0.25, 0.3) is 5.91 Å². The molecule has 2 aliphatic rings. The van der Waals surface area contributed by atoms with Gasteiger partial charge in [-0.05, 0) is 51.1 Å². The maximum absolute atomic E-state index is 13.0. The first-order valence-corrected chi connectivity index (χ1v) is 11.4. The highest BCUT2D eigenvalue weighted by Gasteiger charge is 2.34. The molecule has 1 atom stereocenters. The number of esters is 1. The van der Waals surface area contributed by atoms with Crippen LogP contribution in [0.15, 0.2) is 42.6 Å². The molecule has 1 unspecified atom stereocenters. The first-order chi connectivity index (χ1) is 15.8. The molecule has 1 saturated heterocycles. The molecule has 1 aromatic heterocycles. The molecule has 0 aliphatic carbocycles. The van der Waals surface area contributed by atoms with Crippen LogP contribution in [0.5, 0.6) is 5.75 Å². The minimum absolute atomic E-state index is 0.0565. The monoisotopic (exact) mass is 470 g/mol. The summed E-state index contributed by atoms with van der Waals surface area (Å²) in [6.07, 6.45) is 4.96. The predicted octanol–water partition coefficient (Wildman–Crippen LogP) is 4.08. The van der Waals surface area contributed by atoms with E-state index in [9.17, 15) is 9.59 Å². The number of nitrogens with zero attached hydrogens (tertiary/aromatic N) is 2. The van der Waals surface area contributed by atoms with Gasteiger partial charge in [-0.3, -0.25) is 9.78 Å². The third kappa shape index (κ3) is 5.04. The van der Waals surface area contributed by atoms with E-state index in [1.54, 1.807) is 31.3 Å². The van der Waals surface area contributed by atoms with Crippen molar-refractivity contribution in [2.75, 3.05) is 26.4 Å². The molecule has 1 fully saturated rings. The largest absolute Gasteiger partial charge is 0.484 e. The zero-order valence-corrected chi connectivity index (χ0v) is 19.7. The number of ether oxygens (including phenoxy) is 3. The summed E-state index contributed by atoms with van der Waals surface area (Å²) in [4.78, 5) is 30.9. The maximum atomic E-state index is 13.0. The van der Waals surface area contributed by atoms with Gasteiger partial charge in [0.2, 0.25) is 0 Å². The molecule has 0 N–H and O–H groups in total. The number of morpholine rings is 1. The number of carbonyl (C=O) groups is 2. The number of rotatable bonds is 5. The zero-order chi connectivity index (χ0) is 23.6. The molecule has 0 bridgehead atoms. The summed E-state index contributed by atoms with van der Waals surface area (Å²) in [5.74, 6) is 0.155. The molecule has 1 aromatic carbocycles. The van der Waals surface area contributed by atoms with Crippen LogP contribution in [-0.2, 0) is 20.7 Å². The number of aromatic nitrogens is 1. The second-order valence-corrected chi connectivity index (χ2v) is 9.08. The van der Waals surface area contributed by atoms with E-state index >= 15 is 0 Å². The summed E-state index contributed by atoms with van der Waals surface area (Å²) in [7, 11) is 0. The van der Waals surface area contributed by atoms with E-state index in [1.807, 2.05) is 30.9 Å². The van der Waals surface area contributed by atoms with Gasteiger partial charge in [0.05, 0.1) is 41.6 Å². The van der Waals surface area contributed by atoms with Gasteiger partial charge in [0.15, 0.2) is 0 Å². The van der Waals surface area contributed by atoms with Crippen LogP contribution in [0.3, 0.4) is 0 Å². The Labute approximate surface area is 198 Å². The van der Waals surface area contributed by atoms with Crippen LogP contribution < -0.4 is 4.74 Å². The van der Waals surface area contributed by atoms with Crippen LogP contribution in [0.4, 0.5) is 0 Å². The van der Waals surface area contributed by atoms with Crippen LogP contribution in [0.1, 0.15) is 36.7 Å². The highest BCUT2D eigenvalue weighted by molar-refractivity contribution is 6.32. The molecule has 8 heteroatoms.